The van der Waals surface area contributed by atoms with Gasteiger partial charge in [0.25, 0.3) is 0 Å². The Kier molecular flexibility index (Phi) is 4.22. The van der Waals surface area contributed by atoms with E-state index in [1.54, 1.807) is 0 Å². The van der Waals surface area contributed by atoms with Crippen LogP contribution in [0.25, 0.3) is 0 Å². The highest BCUT2D eigenvalue weighted by Crippen LogP contribution is 2.17. The topological polar surface area (TPSA) is 24.1 Å². The molecule has 90 valence electrons. The second kappa shape index (κ2) is 5.24. The van der Waals surface area contributed by atoms with Gasteiger partial charge in [0.2, 0.25) is 0 Å². The first kappa shape index (κ1) is 12.9. The zero-order chi connectivity index (χ0) is 12.2. The van der Waals surface area contributed by atoms with Gasteiger partial charge in [0, 0.05) is 23.5 Å². The minimum atomic E-state index is 0.133. The third-order valence-electron chi connectivity index (χ3n) is 2.35. The maximum Gasteiger partial charge on any atom is 0.0370 e. The Hall–Kier alpha value is -1.18. The molecular weight excluding hydrogens is 196 g/mol. The standard InChI is InChI=1S/C14H24N2/c1-6-7-13-12(8-9-15-13)10-11(2)16-14(3,4)5/h6-7,10,15-16H,8-9H2,1-5H3/b7-6-,11-10+. The SMILES string of the molecule is C/C=C\C1=C(/C=C(\C)NC(C)(C)C)CCN1. The fraction of sp³-hybridized carbons (Fsp3) is 0.571. The van der Waals surface area contributed by atoms with Crippen molar-refractivity contribution in [2.24, 2.45) is 0 Å². The smallest absolute Gasteiger partial charge is 0.0370 e. The molecule has 2 N–H and O–H groups in total. The summed E-state index contributed by atoms with van der Waals surface area (Å²) >= 11 is 0. The van der Waals surface area contributed by atoms with Crippen LogP contribution < -0.4 is 10.6 Å². The van der Waals surface area contributed by atoms with E-state index < -0.39 is 0 Å². The van der Waals surface area contributed by atoms with Crippen LogP contribution in [-0.4, -0.2) is 12.1 Å². The van der Waals surface area contributed by atoms with E-state index in [1.807, 2.05) is 0 Å². The fourth-order valence-electron chi connectivity index (χ4n) is 1.95. The van der Waals surface area contributed by atoms with Gasteiger partial charge in [-0.05, 0) is 58.8 Å². The molecule has 0 radical (unpaired) electrons. The lowest BCUT2D eigenvalue weighted by Gasteiger charge is -2.22. The summed E-state index contributed by atoms with van der Waals surface area (Å²) in [6.07, 6.45) is 7.58. The molecule has 0 unspecified atom stereocenters. The summed E-state index contributed by atoms with van der Waals surface area (Å²) in [5, 5.41) is 6.88. The highest BCUT2D eigenvalue weighted by atomic mass is 15.0. The molecule has 0 aliphatic carbocycles. The predicted molar refractivity (Wildman–Crippen MR) is 71.1 cm³/mol. The van der Waals surface area contributed by atoms with Gasteiger partial charge in [-0.25, -0.2) is 0 Å². The van der Waals surface area contributed by atoms with Crippen molar-refractivity contribution >= 4 is 0 Å². The van der Waals surface area contributed by atoms with Gasteiger partial charge in [-0.15, -0.1) is 0 Å². The van der Waals surface area contributed by atoms with Crippen molar-refractivity contribution in [3.8, 4) is 0 Å². The van der Waals surface area contributed by atoms with Crippen LogP contribution in [0.15, 0.2) is 35.2 Å². The van der Waals surface area contributed by atoms with E-state index in [0.717, 1.165) is 13.0 Å². The molecule has 0 bridgehead atoms. The van der Waals surface area contributed by atoms with Gasteiger partial charge >= 0.3 is 0 Å². The molecular formula is C14H24N2. The van der Waals surface area contributed by atoms with E-state index in [9.17, 15) is 0 Å². The van der Waals surface area contributed by atoms with Crippen LogP contribution in [0.5, 0.6) is 0 Å². The van der Waals surface area contributed by atoms with E-state index in [1.165, 1.54) is 17.0 Å². The van der Waals surface area contributed by atoms with Crippen molar-refractivity contribution < 1.29 is 0 Å². The summed E-state index contributed by atoms with van der Waals surface area (Å²) in [5.74, 6) is 0. The molecule has 0 amide bonds. The quantitative estimate of drug-likeness (QED) is 0.763. The van der Waals surface area contributed by atoms with Gasteiger partial charge in [0.05, 0.1) is 0 Å². The number of allylic oxidation sites excluding steroid dienone is 4. The van der Waals surface area contributed by atoms with Gasteiger partial charge in [-0.1, -0.05) is 6.08 Å². The van der Waals surface area contributed by atoms with Crippen molar-refractivity contribution in [1.82, 2.24) is 10.6 Å². The molecule has 0 aromatic heterocycles. The Morgan fingerprint density at radius 1 is 1.38 bits per heavy atom. The Morgan fingerprint density at radius 2 is 2.06 bits per heavy atom. The van der Waals surface area contributed by atoms with E-state index >= 15 is 0 Å². The van der Waals surface area contributed by atoms with E-state index in [2.05, 4.69) is 63.5 Å². The Morgan fingerprint density at radius 3 is 2.62 bits per heavy atom. The average molecular weight is 220 g/mol. The van der Waals surface area contributed by atoms with Crippen molar-refractivity contribution in [2.45, 2.75) is 46.6 Å². The molecule has 1 rings (SSSR count). The van der Waals surface area contributed by atoms with Gasteiger partial charge in [0.15, 0.2) is 0 Å². The minimum Gasteiger partial charge on any atom is -0.384 e. The van der Waals surface area contributed by atoms with Gasteiger partial charge in [-0.2, -0.15) is 0 Å². The highest BCUT2D eigenvalue weighted by Gasteiger charge is 2.12. The molecule has 0 atom stereocenters. The zero-order valence-corrected chi connectivity index (χ0v) is 11.1. The Bertz CT molecular complexity index is 327. The summed E-state index contributed by atoms with van der Waals surface area (Å²) < 4.78 is 0. The molecule has 1 aliphatic rings. The van der Waals surface area contributed by atoms with Crippen LogP contribution in [0.3, 0.4) is 0 Å². The average Bonchev–Trinajstić information content (AvgIpc) is 2.50. The first-order chi connectivity index (χ1) is 7.42. The molecule has 0 fully saturated rings. The lowest BCUT2D eigenvalue weighted by atomic mass is 10.1. The zero-order valence-electron chi connectivity index (χ0n) is 11.1. The molecule has 0 aromatic rings. The summed E-state index contributed by atoms with van der Waals surface area (Å²) in [6, 6.07) is 0. The van der Waals surface area contributed by atoms with Crippen molar-refractivity contribution in [3.63, 3.8) is 0 Å². The lowest BCUT2D eigenvalue weighted by molar-refractivity contribution is 0.473. The monoisotopic (exact) mass is 220 g/mol. The predicted octanol–water partition coefficient (Wildman–Crippen LogP) is 3.10. The number of nitrogens with one attached hydrogen (secondary N) is 2. The summed E-state index contributed by atoms with van der Waals surface area (Å²) in [6.45, 7) is 11.8. The maximum atomic E-state index is 3.48. The number of hydrogen-bond acceptors (Lipinski definition) is 2. The third kappa shape index (κ3) is 4.13. The highest BCUT2D eigenvalue weighted by molar-refractivity contribution is 5.36. The maximum absolute atomic E-state index is 3.48. The molecule has 16 heavy (non-hydrogen) atoms. The van der Waals surface area contributed by atoms with Gasteiger partial charge in [0.1, 0.15) is 0 Å². The molecule has 1 heterocycles. The largest absolute Gasteiger partial charge is 0.384 e. The normalized spacial score (nSPS) is 18.2. The van der Waals surface area contributed by atoms with E-state index in [4.69, 9.17) is 0 Å². The summed E-state index contributed by atoms with van der Waals surface area (Å²) in [4.78, 5) is 0. The molecule has 0 spiro atoms. The molecule has 0 saturated carbocycles. The summed E-state index contributed by atoms with van der Waals surface area (Å²) in [7, 11) is 0. The molecule has 2 heteroatoms. The van der Waals surface area contributed by atoms with Gasteiger partial charge < -0.3 is 10.6 Å². The Labute approximate surface area is 99.5 Å². The second-order valence-electron chi connectivity index (χ2n) is 5.32. The van der Waals surface area contributed by atoms with Crippen LogP contribution in [0.1, 0.15) is 41.0 Å². The first-order valence-electron chi connectivity index (χ1n) is 5.98. The molecule has 0 aromatic carbocycles. The van der Waals surface area contributed by atoms with Crippen LogP contribution in [-0.2, 0) is 0 Å². The van der Waals surface area contributed by atoms with Crippen LogP contribution in [0, 0.1) is 0 Å². The van der Waals surface area contributed by atoms with Crippen LogP contribution >= 0.6 is 0 Å². The van der Waals surface area contributed by atoms with Crippen LogP contribution in [0.2, 0.25) is 0 Å². The Balaban J connectivity index is 2.78. The third-order valence-corrected chi connectivity index (χ3v) is 2.35. The van der Waals surface area contributed by atoms with Crippen LogP contribution in [0.4, 0.5) is 0 Å². The summed E-state index contributed by atoms with van der Waals surface area (Å²) in [5.41, 5.74) is 4.02. The molecule has 0 saturated heterocycles. The van der Waals surface area contributed by atoms with Crippen molar-refractivity contribution in [1.29, 1.82) is 0 Å². The van der Waals surface area contributed by atoms with Crippen molar-refractivity contribution in [2.75, 3.05) is 6.54 Å². The second-order valence-corrected chi connectivity index (χ2v) is 5.32. The lowest BCUT2D eigenvalue weighted by Crippen LogP contribution is -2.34. The van der Waals surface area contributed by atoms with E-state index in [0.29, 0.717) is 0 Å². The number of hydrogen-bond donors (Lipinski definition) is 2. The molecule has 2 nitrogen and oxygen atoms in total. The first-order valence-corrected chi connectivity index (χ1v) is 5.98. The van der Waals surface area contributed by atoms with Gasteiger partial charge in [-0.3, -0.25) is 0 Å². The fourth-order valence-corrected chi connectivity index (χ4v) is 1.95. The minimum absolute atomic E-state index is 0.133. The van der Waals surface area contributed by atoms with E-state index in [-0.39, 0.29) is 5.54 Å². The van der Waals surface area contributed by atoms with Crippen molar-refractivity contribution in [3.05, 3.63) is 35.2 Å². The number of rotatable bonds is 3. The molecule has 1 aliphatic heterocycles.